The van der Waals surface area contributed by atoms with Crippen LogP contribution in [0.1, 0.15) is 18.9 Å². The Balaban J connectivity index is 2.48. The van der Waals surface area contributed by atoms with E-state index in [1.807, 2.05) is 6.92 Å². The number of amides is 3. The summed E-state index contributed by atoms with van der Waals surface area (Å²) in [4.78, 5) is 23.7. The molecule has 0 bridgehead atoms. The van der Waals surface area contributed by atoms with Crippen molar-refractivity contribution in [2.45, 2.75) is 19.9 Å². The lowest BCUT2D eigenvalue weighted by Crippen LogP contribution is -3.09. The highest BCUT2D eigenvalue weighted by molar-refractivity contribution is 6.31. The van der Waals surface area contributed by atoms with Crippen LogP contribution in [0.3, 0.4) is 0 Å². The summed E-state index contributed by atoms with van der Waals surface area (Å²) in [7, 11) is 1.73. The molecule has 1 unspecified atom stereocenters. The summed E-state index contributed by atoms with van der Waals surface area (Å²) in [6, 6.07) is 3.94. The summed E-state index contributed by atoms with van der Waals surface area (Å²) in [5, 5.41) is 5.10. The van der Waals surface area contributed by atoms with Crippen molar-refractivity contribution in [3.8, 4) is 0 Å². The van der Waals surface area contributed by atoms with Crippen LogP contribution in [-0.2, 0) is 11.3 Å². The van der Waals surface area contributed by atoms with Crippen LogP contribution in [0.5, 0.6) is 0 Å². The first kappa shape index (κ1) is 17.4. The van der Waals surface area contributed by atoms with Crippen LogP contribution in [0.2, 0.25) is 5.02 Å². The predicted molar refractivity (Wildman–Crippen MR) is 78.7 cm³/mol. The minimum absolute atomic E-state index is 0.0458. The van der Waals surface area contributed by atoms with Crippen molar-refractivity contribution >= 4 is 23.5 Å². The van der Waals surface area contributed by atoms with Gasteiger partial charge in [0.1, 0.15) is 12.4 Å². The van der Waals surface area contributed by atoms with Crippen LogP contribution in [0.25, 0.3) is 0 Å². The van der Waals surface area contributed by atoms with Gasteiger partial charge in [0.25, 0.3) is 5.91 Å². The van der Waals surface area contributed by atoms with Crippen LogP contribution in [0, 0.1) is 5.82 Å². The number of benzene rings is 1. The van der Waals surface area contributed by atoms with E-state index in [1.165, 1.54) is 12.1 Å². The van der Waals surface area contributed by atoms with Crippen molar-refractivity contribution < 1.29 is 18.9 Å². The number of hydrogen-bond donors (Lipinski definition) is 3. The van der Waals surface area contributed by atoms with E-state index in [1.54, 1.807) is 13.1 Å². The number of likely N-dealkylation sites (N-methyl/N-ethyl adjacent to an activating group) is 1. The fourth-order valence-electron chi connectivity index (χ4n) is 1.79. The molecular formula is C14H20ClFN3O2+. The van der Waals surface area contributed by atoms with E-state index in [0.29, 0.717) is 17.1 Å². The van der Waals surface area contributed by atoms with Gasteiger partial charge < -0.3 is 10.2 Å². The van der Waals surface area contributed by atoms with Crippen molar-refractivity contribution in [1.82, 2.24) is 10.6 Å². The van der Waals surface area contributed by atoms with Gasteiger partial charge in [0.2, 0.25) is 0 Å². The molecule has 1 aromatic carbocycles. The molecule has 1 atom stereocenters. The first-order valence-electron chi connectivity index (χ1n) is 6.76. The zero-order valence-corrected chi connectivity index (χ0v) is 12.9. The third kappa shape index (κ3) is 6.10. The molecule has 116 valence electrons. The minimum atomic E-state index is -0.515. The molecule has 0 heterocycles. The van der Waals surface area contributed by atoms with Crippen LogP contribution < -0.4 is 15.5 Å². The molecule has 0 spiro atoms. The second-order valence-corrected chi connectivity index (χ2v) is 5.22. The number of hydrogen-bond acceptors (Lipinski definition) is 2. The molecule has 0 saturated heterocycles. The molecule has 0 aliphatic rings. The molecule has 0 fully saturated rings. The van der Waals surface area contributed by atoms with E-state index < -0.39 is 17.8 Å². The van der Waals surface area contributed by atoms with Crippen molar-refractivity contribution in [2.75, 3.05) is 20.1 Å². The molecule has 1 rings (SSSR count). The number of carbonyl (C=O) groups is 2. The number of quaternary nitrogens is 1. The van der Waals surface area contributed by atoms with E-state index in [4.69, 9.17) is 11.6 Å². The van der Waals surface area contributed by atoms with Gasteiger partial charge in [-0.2, -0.15) is 0 Å². The number of nitrogens with one attached hydrogen (secondary N) is 3. The van der Waals surface area contributed by atoms with E-state index in [9.17, 15) is 14.0 Å². The van der Waals surface area contributed by atoms with Gasteiger partial charge in [-0.3, -0.25) is 10.1 Å². The first-order chi connectivity index (χ1) is 9.93. The normalized spacial score (nSPS) is 11.8. The smallest absolute Gasteiger partial charge is 0.321 e. The van der Waals surface area contributed by atoms with Gasteiger partial charge in [-0.25, -0.2) is 9.18 Å². The molecule has 5 nitrogen and oxygen atoms in total. The molecule has 0 aromatic heterocycles. The van der Waals surface area contributed by atoms with Gasteiger partial charge in [0.15, 0.2) is 6.54 Å². The molecule has 0 aliphatic carbocycles. The minimum Gasteiger partial charge on any atom is -0.338 e. The lowest BCUT2D eigenvalue weighted by atomic mass is 10.2. The Kier molecular flexibility index (Phi) is 7.11. The Labute approximate surface area is 128 Å². The first-order valence-corrected chi connectivity index (χ1v) is 7.13. The van der Waals surface area contributed by atoms with Gasteiger partial charge in [-0.1, -0.05) is 24.6 Å². The zero-order chi connectivity index (χ0) is 15.8. The van der Waals surface area contributed by atoms with E-state index in [2.05, 4.69) is 10.6 Å². The van der Waals surface area contributed by atoms with Crippen LogP contribution >= 0.6 is 11.6 Å². The Morgan fingerprint density at radius 2 is 2.10 bits per heavy atom. The van der Waals surface area contributed by atoms with Crippen molar-refractivity contribution in [2.24, 2.45) is 0 Å². The fourth-order valence-corrected chi connectivity index (χ4v) is 2.02. The molecule has 3 amide bonds. The Bertz CT molecular complexity index is 491. The van der Waals surface area contributed by atoms with Gasteiger partial charge >= 0.3 is 6.03 Å². The summed E-state index contributed by atoms with van der Waals surface area (Å²) in [6.07, 6.45) is 0.790. The molecule has 0 saturated carbocycles. The second-order valence-electron chi connectivity index (χ2n) is 4.81. The quantitative estimate of drug-likeness (QED) is 0.724. The number of halogens is 2. The monoisotopic (exact) mass is 316 g/mol. The summed E-state index contributed by atoms with van der Waals surface area (Å²) in [5.74, 6) is -0.823. The molecular weight excluding hydrogens is 297 g/mol. The lowest BCUT2D eigenvalue weighted by Gasteiger charge is -2.15. The van der Waals surface area contributed by atoms with E-state index >= 15 is 0 Å². The van der Waals surface area contributed by atoms with Crippen LogP contribution in [0.4, 0.5) is 9.18 Å². The average molecular weight is 317 g/mol. The number of rotatable bonds is 6. The number of imide groups is 1. The van der Waals surface area contributed by atoms with Gasteiger partial charge in [0, 0.05) is 6.54 Å². The third-order valence-corrected chi connectivity index (χ3v) is 3.15. The van der Waals surface area contributed by atoms with Gasteiger partial charge in [-0.15, -0.1) is 0 Å². The largest absolute Gasteiger partial charge is 0.338 e. The summed E-state index contributed by atoms with van der Waals surface area (Å²) in [6.45, 7) is 2.73. The van der Waals surface area contributed by atoms with Crippen molar-refractivity contribution in [3.05, 3.63) is 34.6 Å². The molecule has 1 aromatic rings. The zero-order valence-electron chi connectivity index (χ0n) is 12.1. The van der Waals surface area contributed by atoms with E-state index in [-0.39, 0.29) is 13.1 Å². The van der Waals surface area contributed by atoms with Crippen LogP contribution in [0.15, 0.2) is 18.2 Å². The topological polar surface area (TPSA) is 62.6 Å². The maximum atomic E-state index is 13.6. The van der Waals surface area contributed by atoms with E-state index in [0.717, 1.165) is 11.3 Å². The number of urea groups is 1. The fraction of sp³-hybridized carbons (Fsp3) is 0.429. The van der Waals surface area contributed by atoms with Gasteiger partial charge in [-0.05, 0) is 18.6 Å². The maximum Gasteiger partial charge on any atom is 0.321 e. The predicted octanol–water partition coefficient (Wildman–Crippen LogP) is 0.730. The Morgan fingerprint density at radius 3 is 2.71 bits per heavy atom. The average Bonchev–Trinajstić information content (AvgIpc) is 2.40. The Morgan fingerprint density at radius 1 is 1.38 bits per heavy atom. The Hall–Kier alpha value is -1.66. The SMILES string of the molecule is CCCNC(=O)NC(=O)C[NH+](C)Cc1c(F)cccc1Cl. The summed E-state index contributed by atoms with van der Waals surface area (Å²) < 4.78 is 13.6. The van der Waals surface area contributed by atoms with Crippen LogP contribution in [-0.4, -0.2) is 32.1 Å². The second kappa shape index (κ2) is 8.59. The van der Waals surface area contributed by atoms with Gasteiger partial charge in [0.05, 0.1) is 17.6 Å². The molecule has 0 radical (unpaired) electrons. The van der Waals surface area contributed by atoms with Crippen molar-refractivity contribution in [3.63, 3.8) is 0 Å². The molecule has 3 N–H and O–H groups in total. The molecule has 0 aliphatic heterocycles. The third-order valence-electron chi connectivity index (χ3n) is 2.79. The maximum absolute atomic E-state index is 13.6. The molecule has 7 heteroatoms. The summed E-state index contributed by atoms with van der Waals surface area (Å²) in [5.41, 5.74) is 0.361. The number of carbonyl (C=O) groups excluding carboxylic acids is 2. The highest BCUT2D eigenvalue weighted by atomic mass is 35.5. The highest BCUT2D eigenvalue weighted by Crippen LogP contribution is 2.17. The summed E-state index contributed by atoms with van der Waals surface area (Å²) >= 11 is 5.93. The molecule has 21 heavy (non-hydrogen) atoms. The van der Waals surface area contributed by atoms with Crippen molar-refractivity contribution in [1.29, 1.82) is 0 Å². The standard InChI is InChI=1S/C14H19ClFN3O2/c1-3-7-17-14(21)18-13(20)9-19(2)8-10-11(15)5-4-6-12(10)16/h4-6H,3,7-9H2,1-2H3,(H2,17,18,20,21)/p+1. The lowest BCUT2D eigenvalue weighted by molar-refractivity contribution is -0.885. The highest BCUT2D eigenvalue weighted by Gasteiger charge is 2.16.